The van der Waals surface area contributed by atoms with Crippen molar-refractivity contribution in [2.75, 3.05) is 11.9 Å². The van der Waals surface area contributed by atoms with Crippen molar-refractivity contribution in [1.29, 1.82) is 5.26 Å². The van der Waals surface area contributed by atoms with E-state index in [0.29, 0.717) is 17.3 Å². The van der Waals surface area contributed by atoms with E-state index in [1.54, 1.807) is 6.07 Å². The Morgan fingerprint density at radius 2 is 2.22 bits per heavy atom. The first-order valence-corrected chi connectivity index (χ1v) is 5.92. The fourth-order valence-corrected chi connectivity index (χ4v) is 2.32. The summed E-state index contributed by atoms with van der Waals surface area (Å²) in [5.41, 5.74) is 3.36. The van der Waals surface area contributed by atoms with Gasteiger partial charge < -0.3 is 5.32 Å². The minimum Gasteiger partial charge on any atom is -0.367 e. The Morgan fingerprint density at radius 1 is 1.33 bits per heavy atom. The van der Waals surface area contributed by atoms with Crippen LogP contribution in [0, 0.1) is 11.3 Å². The lowest BCUT2D eigenvalue weighted by Crippen LogP contribution is -2.24. The van der Waals surface area contributed by atoms with Gasteiger partial charge >= 0.3 is 0 Å². The second-order valence-corrected chi connectivity index (χ2v) is 4.39. The van der Waals surface area contributed by atoms with E-state index in [9.17, 15) is 0 Å². The van der Waals surface area contributed by atoms with Crippen molar-refractivity contribution >= 4 is 5.82 Å². The van der Waals surface area contributed by atoms with Crippen LogP contribution in [-0.2, 0) is 6.42 Å². The predicted molar refractivity (Wildman–Crippen MR) is 68.1 cm³/mol. The maximum absolute atomic E-state index is 8.95. The van der Waals surface area contributed by atoms with Gasteiger partial charge in [0.2, 0.25) is 0 Å². The lowest BCUT2D eigenvalue weighted by molar-refractivity contribution is 0.634. The van der Waals surface area contributed by atoms with Crippen molar-refractivity contribution in [3.05, 3.63) is 53.2 Å². The topological polar surface area (TPSA) is 61.6 Å². The molecule has 4 nitrogen and oxygen atoms in total. The molecule has 0 saturated heterocycles. The van der Waals surface area contributed by atoms with E-state index in [4.69, 9.17) is 5.26 Å². The molecule has 2 aromatic rings. The van der Waals surface area contributed by atoms with Crippen molar-refractivity contribution in [2.24, 2.45) is 0 Å². The normalized spacial score (nSPS) is 16.3. The lowest BCUT2D eigenvalue weighted by Gasteiger charge is -2.30. The second-order valence-electron chi connectivity index (χ2n) is 4.39. The molecule has 1 aromatic heterocycles. The Kier molecular flexibility index (Phi) is 2.66. The van der Waals surface area contributed by atoms with E-state index in [1.165, 1.54) is 17.3 Å². The number of benzene rings is 1. The molecule has 1 unspecified atom stereocenters. The van der Waals surface area contributed by atoms with Gasteiger partial charge in [0.05, 0.1) is 11.8 Å². The summed E-state index contributed by atoms with van der Waals surface area (Å²) in [6, 6.07) is 12.2. The first kappa shape index (κ1) is 10.7. The molecule has 0 fully saturated rings. The molecular formula is C14H12N4. The molecule has 0 bridgehead atoms. The van der Waals surface area contributed by atoms with Crippen LogP contribution >= 0.6 is 0 Å². The van der Waals surface area contributed by atoms with Crippen molar-refractivity contribution in [3.63, 3.8) is 0 Å². The summed E-state index contributed by atoms with van der Waals surface area (Å²) in [7, 11) is 0. The van der Waals surface area contributed by atoms with Crippen molar-refractivity contribution in [1.82, 2.24) is 10.2 Å². The molecule has 18 heavy (non-hydrogen) atoms. The summed E-state index contributed by atoms with van der Waals surface area (Å²) in [5, 5.41) is 19.9. The summed E-state index contributed by atoms with van der Waals surface area (Å²) in [5.74, 6) is 1.08. The number of nitriles is 1. The Balaban J connectivity index is 1.69. The van der Waals surface area contributed by atoms with Gasteiger partial charge in [0.1, 0.15) is 6.07 Å². The highest BCUT2D eigenvalue weighted by molar-refractivity contribution is 5.51. The highest BCUT2D eigenvalue weighted by atomic mass is 15.2. The highest BCUT2D eigenvalue weighted by Crippen LogP contribution is 2.34. The average molecular weight is 236 g/mol. The molecule has 1 aliphatic carbocycles. The monoisotopic (exact) mass is 236 g/mol. The van der Waals surface area contributed by atoms with Crippen molar-refractivity contribution < 1.29 is 0 Å². The summed E-state index contributed by atoms with van der Waals surface area (Å²) in [6.45, 7) is 0.796. The molecule has 0 saturated carbocycles. The molecule has 1 heterocycles. The Bertz CT molecular complexity index is 615. The van der Waals surface area contributed by atoms with Crippen LogP contribution in [0.15, 0.2) is 36.5 Å². The molecule has 0 amide bonds. The quantitative estimate of drug-likeness (QED) is 0.886. The second kappa shape index (κ2) is 4.46. The van der Waals surface area contributed by atoms with Gasteiger partial charge in [-0.25, -0.2) is 0 Å². The SMILES string of the molecule is N#Cc1ccnnc1NCC1Cc2ccccc21. The van der Waals surface area contributed by atoms with E-state index in [1.807, 2.05) is 0 Å². The molecule has 1 N–H and O–H groups in total. The van der Waals surface area contributed by atoms with E-state index >= 15 is 0 Å². The van der Waals surface area contributed by atoms with Crippen LogP contribution in [0.2, 0.25) is 0 Å². The zero-order valence-corrected chi connectivity index (χ0v) is 9.80. The van der Waals surface area contributed by atoms with E-state index < -0.39 is 0 Å². The van der Waals surface area contributed by atoms with Gasteiger partial charge in [0.25, 0.3) is 0 Å². The number of rotatable bonds is 3. The molecule has 0 spiro atoms. The number of hydrogen-bond acceptors (Lipinski definition) is 4. The number of aromatic nitrogens is 2. The van der Waals surface area contributed by atoms with Crippen LogP contribution in [0.4, 0.5) is 5.82 Å². The predicted octanol–water partition coefficient (Wildman–Crippen LogP) is 2.10. The standard InChI is InChI=1S/C14H12N4/c15-8-11-5-6-17-18-14(11)16-9-12-7-10-3-1-2-4-13(10)12/h1-6,12H,7,9H2,(H,16,18). The van der Waals surface area contributed by atoms with Gasteiger partial charge in [-0.1, -0.05) is 24.3 Å². The zero-order valence-electron chi connectivity index (χ0n) is 9.80. The van der Waals surface area contributed by atoms with Gasteiger partial charge in [-0.2, -0.15) is 10.4 Å². The molecule has 4 heteroatoms. The van der Waals surface area contributed by atoms with E-state index in [-0.39, 0.29) is 0 Å². The number of nitrogens with one attached hydrogen (secondary N) is 1. The van der Waals surface area contributed by atoms with Gasteiger partial charge in [-0.3, -0.25) is 0 Å². The summed E-state index contributed by atoms with van der Waals surface area (Å²) in [4.78, 5) is 0. The van der Waals surface area contributed by atoms with Crippen LogP contribution in [0.1, 0.15) is 22.6 Å². The minimum atomic E-state index is 0.509. The van der Waals surface area contributed by atoms with Gasteiger partial charge in [0, 0.05) is 12.5 Å². The molecular weight excluding hydrogens is 224 g/mol. The number of nitrogens with zero attached hydrogens (tertiary/aromatic N) is 3. The van der Waals surface area contributed by atoms with Crippen molar-refractivity contribution in [2.45, 2.75) is 12.3 Å². The van der Waals surface area contributed by atoms with E-state index in [0.717, 1.165) is 13.0 Å². The Hall–Kier alpha value is -2.41. The molecule has 1 aromatic carbocycles. The maximum atomic E-state index is 8.95. The Morgan fingerprint density at radius 3 is 3.06 bits per heavy atom. The molecule has 3 rings (SSSR count). The molecule has 0 radical (unpaired) electrons. The number of fused-ring (bicyclic) bond motifs is 1. The van der Waals surface area contributed by atoms with Crippen LogP contribution in [-0.4, -0.2) is 16.7 Å². The molecule has 0 aliphatic heterocycles. The van der Waals surface area contributed by atoms with Gasteiger partial charge in [-0.15, -0.1) is 5.10 Å². The van der Waals surface area contributed by atoms with Crippen LogP contribution in [0.25, 0.3) is 0 Å². The third-order valence-electron chi connectivity index (χ3n) is 3.32. The number of hydrogen-bond donors (Lipinski definition) is 1. The summed E-state index contributed by atoms with van der Waals surface area (Å²) >= 11 is 0. The lowest BCUT2D eigenvalue weighted by atomic mass is 9.77. The Labute approximate surface area is 105 Å². The number of anilines is 1. The van der Waals surface area contributed by atoms with E-state index in [2.05, 4.69) is 45.8 Å². The van der Waals surface area contributed by atoms with Gasteiger partial charge in [-0.05, 0) is 23.6 Å². The van der Waals surface area contributed by atoms with Gasteiger partial charge in [0.15, 0.2) is 5.82 Å². The molecule has 1 atom stereocenters. The first-order chi connectivity index (χ1) is 8.88. The summed E-state index contributed by atoms with van der Waals surface area (Å²) in [6.07, 6.45) is 2.62. The fourth-order valence-electron chi connectivity index (χ4n) is 2.32. The molecule has 1 aliphatic rings. The van der Waals surface area contributed by atoms with Crippen LogP contribution in [0.3, 0.4) is 0 Å². The molecule has 88 valence electrons. The third-order valence-corrected chi connectivity index (χ3v) is 3.32. The average Bonchev–Trinajstić information content (AvgIpc) is 2.40. The van der Waals surface area contributed by atoms with Crippen LogP contribution in [0.5, 0.6) is 0 Å². The third kappa shape index (κ3) is 1.80. The maximum Gasteiger partial charge on any atom is 0.166 e. The fraction of sp³-hybridized carbons (Fsp3) is 0.214. The summed E-state index contributed by atoms with van der Waals surface area (Å²) < 4.78 is 0. The zero-order chi connectivity index (χ0) is 12.4. The largest absolute Gasteiger partial charge is 0.367 e. The van der Waals surface area contributed by atoms with Crippen molar-refractivity contribution in [3.8, 4) is 6.07 Å². The van der Waals surface area contributed by atoms with Crippen LogP contribution < -0.4 is 5.32 Å². The first-order valence-electron chi connectivity index (χ1n) is 5.92. The minimum absolute atomic E-state index is 0.509. The highest BCUT2D eigenvalue weighted by Gasteiger charge is 2.25. The smallest absolute Gasteiger partial charge is 0.166 e.